The van der Waals surface area contributed by atoms with Gasteiger partial charge in [-0.25, -0.2) is 0 Å². The Labute approximate surface area is 116 Å². The number of likely N-dealkylation sites (tertiary alicyclic amines) is 1. The highest BCUT2D eigenvalue weighted by molar-refractivity contribution is 5.07. The standard InChI is InChI=1S/C15H27N3O/c1-4-8-16-10-14-5-6-15(19-14)12-18-9-7-13(11-18)17(2)3/h5-6,13,16H,4,7-12H2,1-3H3. The summed E-state index contributed by atoms with van der Waals surface area (Å²) in [5, 5.41) is 3.37. The summed E-state index contributed by atoms with van der Waals surface area (Å²) in [4.78, 5) is 4.80. The third-order valence-corrected chi connectivity index (χ3v) is 3.80. The van der Waals surface area contributed by atoms with E-state index in [9.17, 15) is 0 Å². The van der Waals surface area contributed by atoms with Gasteiger partial charge in [0.2, 0.25) is 0 Å². The van der Waals surface area contributed by atoms with Crippen LogP contribution in [0.15, 0.2) is 16.5 Å². The molecule has 0 radical (unpaired) electrons. The molecule has 1 unspecified atom stereocenters. The normalized spacial score (nSPS) is 20.5. The van der Waals surface area contributed by atoms with Gasteiger partial charge in [0.05, 0.1) is 13.1 Å². The summed E-state index contributed by atoms with van der Waals surface area (Å²) >= 11 is 0. The summed E-state index contributed by atoms with van der Waals surface area (Å²) in [5.74, 6) is 2.14. The van der Waals surface area contributed by atoms with Gasteiger partial charge in [0, 0.05) is 19.1 Å². The smallest absolute Gasteiger partial charge is 0.118 e. The molecule has 1 saturated heterocycles. The number of hydrogen-bond donors (Lipinski definition) is 1. The molecular formula is C15H27N3O. The molecule has 1 aliphatic rings. The maximum atomic E-state index is 5.87. The Bertz CT molecular complexity index is 375. The fourth-order valence-electron chi connectivity index (χ4n) is 2.59. The predicted molar refractivity (Wildman–Crippen MR) is 78.1 cm³/mol. The first-order valence-corrected chi connectivity index (χ1v) is 7.36. The third kappa shape index (κ3) is 4.34. The Morgan fingerprint density at radius 2 is 2.16 bits per heavy atom. The van der Waals surface area contributed by atoms with Crippen LogP contribution in [0.1, 0.15) is 31.3 Å². The molecule has 0 spiro atoms. The van der Waals surface area contributed by atoms with Crippen molar-refractivity contribution >= 4 is 0 Å². The van der Waals surface area contributed by atoms with E-state index < -0.39 is 0 Å². The van der Waals surface area contributed by atoms with Gasteiger partial charge in [0.1, 0.15) is 11.5 Å². The van der Waals surface area contributed by atoms with Crippen LogP contribution in [-0.2, 0) is 13.1 Å². The van der Waals surface area contributed by atoms with Crippen LogP contribution < -0.4 is 5.32 Å². The first-order chi connectivity index (χ1) is 9.19. The Morgan fingerprint density at radius 1 is 1.37 bits per heavy atom. The molecule has 2 heterocycles. The van der Waals surface area contributed by atoms with Crippen molar-refractivity contribution < 1.29 is 4.42 Å². The highest BCUT2D eigenvalue weighted by Crippen LogP contribution is 2.17. The van der Waals surface area contributed by atoms with E-state index in [2.05, 4.69) is 48.3 Å². The van der Waals surface area contributed by atoms with Gasteiger partial charge in [-0.2, -0.15) is 0 Å². The van der Waals surface area contributed by atoms with E-state index in [1.807, 2.05) is 0 Å². The molecule has 1 aromatic rings. The Kier molecular flexibility index (Phi) is 5.43. The first-order valence-electron chi connectivity index (χ1n) is 7.36. The maximum Gasteiger partial charge on any atom is 0.118 e. The quantitative estimate of drug-likeness (QED) is 0.763. The lowest BCUT2D eigenvalue weighted by atomic mass is 10.2. The average molecular weight is 265 g/mol. The summed E-state index contributed by atoms with van der Waals surface area (Å²) < 4.78 is 5.87. The summed E-state index contributed by atoms with van der Waals surface area (Å²) in [5.41, 5.74) is 0. The van der Waals surface area contributed by atoms with Crippen LogP contribution in [0.4, 0.5) is 0 Å². The lowest BCUT2D eigenvalue weighted by molar-refractivity contribution is 0.250. The van der Waals surface area contributed by atoms with Crippen LogP contribution in [0.3, 0.4) is 0 Å². The van der Waals surface area contributed by atoms with Crippen LogP contribution in [0.5, 0.6) is 0 Å². The van der Waals surface area contributed by atoms with Gasteiger partial charge in [0.15, 0.2) is 0 Å². The molecule has 0 aromatic carbocycles. The minimum atomic E-state index is 0.695. The van der Waals surface area contributed by atoms with Gasteiger partial charge in [-0.1, -0.05) is 6.92 Å². The largest absolute Gasteiger partial charge is 0.463 e. The van der Waals surface area contributed by atoms with E-state index >= 15 is 0 Å². The van der Waals surface area contributed by atoms with Crippen molar-refractivity contribution in [2.75, 3.05) is 33.7 Å². The Balaban J connectivity index is 1.77. The SMILES string of the molecule is CCCNCc1ccc(CN2CCC(N(C)C)C2)o1. The van der Waals surface area contributed by atoms with Crippen LogP contribution in [0.25, 0.3) is 0 Å². The number of nitrogens with one attached hydrogen (secondary N) is 1. The number of nitrogens with zero attached hydrogens (tertiary/aromatic N) is 2. The molecule has 4 nitrogen and oxygen atoms in total. The molecule has 0 amide bonds. The fraction of sp³-hybridized carbons (Fsp3) is 0.733. The lowest BCUT2D eigenvalue weighted by Crippen LogP contribution is -2.31. The highest BCUT2D eigenvalue weighted by Gasteiger charge is 2.24. The van der Waals surface area contributed by atoms with Crippen molar-refractivity contribution in [2.45, 2.75) is 38.9 Å². The molecule has 0 bridgehead atoms. The second-order valence-electron chi connectivity index (χ2n) is 5.69. The van der Waals surface area contributed by atoms with Gasteiger partial charge in [-0.3, -0.25) is 4.90 Å². The topological polar surface area (TPSA) is 31.6 Å². The molecule has 1 atom stereocenters. The van der Waals surface area contributed by atoms with Crippen molar-refractivity contribution in [1.29, 1.82) is 0 Å². The third-order valence-electron chi connectivity index (χ3n) is 3.80. The van der Waals surface area contributed by atoms with E-state index in [0.29, 0.717) is 6.04 Å². The van der Waals surface area contributed by atoms with Crippen LogP contribution in [0.2, 0.25) is 0 Å². The number of hydrogen-bond acceptors (Lipinski definition) is 4. The lowest BCUT2D eigenvalue weighted by Gasteiger charge is -2.19. The van der Waals surface area contributed by atoms with Crippen molar-refractivity contribution in [3.8, 4) is 0 Å². The summed E-state index contributed by atoms with van der Waals surface area (Å²) in [6.07, 6.45) is 2.42. The molecule has 0 aliphatic carbocycles. The first kappa shape index (κ1) is 14.6. The number of furan rings is 1. The van der Waals surface area contributed by atoms with Crippen LogP contribution in [0, 0.1) is 0 Å². The fourth-order valence-corrected chi connectivity index (χ4v) is 2.59. The Hall–Kier alpha value is -0.840. The van der Waals surface area contributed by atoms with Gasteiger partial charge in [0.25, 0.3) is 0 Å². The molecule has 19 heavy (non-hydrogen) atoms. The average Bonchev–Trinajstić information content (AvgIpc) is 3.00. The van der Waals surface area contributed by atoms with Crippen molar-refractivity contribution in [3.63, 3.8) is 0 Å². The minimum Gasteiger partial charge on any atom is -0.463 e. The van der Waals surface area contributed by atoms with Crippen molar-refractivity contribution in [2.24, 2.45) is 0 Å². The summed E-state index contributed by atoms with van der Waals surface area (Å²) in [7, 11) is 4.33. The van der Waals surface area contributed by atoms with Crippen LogP contribution >= 0.6 is 0 Å². The van der Waals surface area contributed by atoms with Gasteiger partial charge < -0.3 is 14.6 Å². The zero-order valence-electron chi connectivity index (χ0n) is 12.5. The van der Waals surface area contributed by atoms with E-state index in [-0.39, 0.29) is 0 Å². The molecule has 2 rings (SSSR count). The van der Waals surface area contributed by atoms with Crippen molar-refractivity contribution in [3.05, 3.63) is 23.7 Å². The summed E-state index contributed by atoms with van der Waals surface area (Å²) in [6.45, 7) is 7.33. The molecular weight excluding hydrogens is 238 g/mol. The van der Waals surface area contributed by atoms with Gasteiger partial charge in [-0.05, 0) is 45.6 Å². The second kappa shape index (κ2) is 7.08. The van der Waals surface area contributed by atoms with Crippen molar-refractivity contribution in [1.82, 2.24) is 15.1 Å². The maximum absolute atomic E-state index is 5.87. The molecule has 108 valence electrons. The number of likely N-dealkylation sites (N-methyl/N-ethyl adjacent to an activating group) is 1. The van der Waals surface area contributed by atoms with Crippen LogP contribution in [-0.4, -0.2) is 49.6 Å². The molecule has 1 fully saturated rings. The molecule has 1 aromatic heterocycles. The minimum absolute atomic E-state index is 0.695. The number of rotatable bonds is 7. The van der Waals surface area contributed by atoms with E-state index in [4.69, 9.17) is 4.42 Å². The predicted octanol–water partition coefficient (Wildman–Crippen LogP) is 1.92. The van der Waals surface area contributed by atoms with E-state index in [0.717, 1.165) is 44.1 Å². The van der Waals surface area contributed by atoms with Gasteiger partial charge >= 0.3 is 0 Å². The Morgan fingerprint density at radius 3 is 2.84 bits per heavy atom. The molecule has 0 saturated carbocycles. The molecule has 4 heteroatoms. The molecule has 1 N–H and O–H groups in total. The molecule has 1 aliphatic heterocycles. The van der Waals surface area contributed by atoms with Gasteiger partial charge in [-0.15, -0.1) is 0 Å². The zero-order valence-corrected chi connectivity index (χ0v) is 12.5. The summed E-state index contributed by atoms with van der Waals surface area (Å²) in [6, 6.07) is 4.91. The highest BCUT2D eigenvalue weighted by atomic mass is 16.3. The second-order valence-corrected chi connectivity index (χ2v) is 5.69. The zero-order chi connectivity index (χ0) is 13.7. The van der Waals surface area contributed by atoms with E-state index in [1.54, 1.807) is 0 Å². The van der Waals surface area contributed by atoms with E-state index in [1.165, 1.54) is 13.0 Å². The monoisotopic (exact) mass is 265 g/mol.